The highest BCUT2D eigenvalue weighted by Crippen LogP contribution is 2.46. The molecular weight excluding hydrogens is 300 g/mol. The van der Waals surface area contributed by atoms with Crippen molar-refractivity contribution < 1.29 is 9.52 Å². The molecule has 0 aliphatic heterocycles. The van der Waals surface area contributed by atoms with Gasteiger partial charge in [-0.25, -0.2) is 0 Å². The highest BCUT2D eigenvalue weighted by atomic mass is 16.4. The number of aromatic nitrogens is 1. The molecule has 0 amide bonds. The number of nitrogens with one attached hydrogen (secondary N) is 1. The zero-order valence-corrected chi connectivity index (χ0v) is 14.0. The fourth-order valence-electron chi connectivity index (χ4n) is 2.82. The van der Waals surface area contributed by atoms with Gasteiger partial charge in [-0.2, -0.15) is 0 Å². The van der Waals surface area contributed by atoms with E-state index in [0.29, 0.717) is 17.2 Å². The molecule has 0 saturated carbocycles. The zero-order valence-electron chi connectivity index (χ0n) is 14.0. The summed E-state index contributed by atoms with van der Waals surface area (Å²) in [5.41, 5.74) is 3.65. The van der Waals surface area contributed by atoms with Gasteiger partial charge in [0, 0.05) is 25.0 Å². The first-order valence-corrected chi connectivity index (χ1v) is 8.27. The number of unbranched alkanes of at least 4 members (excludes halogenated alkanes) is 1. The minimum absolute atomic E-state index is 0.139. The van der Waals surface area contributed by atoms with Crippen molar-refractivity contribution in [3.8, 4) is 28.2 Å². The number of hydrogen-bond donors (Lipinski definition) is 2. The summed E-state index contributed by atoms with van der Waals surface area (Å²) in [6.07, 6.45) is 6.72. The lowest BCUT2D eigenvalue weighted by Gasteiger charge is -2.06. The molecule has 4 heteroatoms. The number of anilines is 1. The maximum Gasteiger partial charge on any atom is 0.205 e. The largest absolute Gasteiger partial charge is 0.504 e. The second kappa shape index (κ2) is 7.21. The van der Waals surface area contributed by atoms with Crippen molar-refractivity contribution in [1.82, 2.24) is 4.98 Å². The van der Waals surface area contributed by atoms with Crippen LogP contribution >= 0.6 is 0 Å². The molecule has 2 heterocycles. The van der Waals surface area contributed by atoms with E-state index >= 15 is 0 Å². The summed E-state index contributed by atoms with van der Waals surface area (Å²) in [4.78, 5) is 4.10. The van der Waals surface area contributed by atoms with Crippen LogP contribution in [0.25, 0.3) is 22.5 Å². The Morgan fingerprint density at radius 2 is 2.00 bits per heavy atom. The lowest BCUT2D eigenvalue weighted by molar-refractivity contribution is 0.466. The number of aromatic hydroxyl groups is 1. The molecule has 0 unspecified atom stereocenters. The third-order valence-electron chi connectivity index (χ3n) is 4.07. The smallest absolute Gasteiger partial charge is 0.205 e. The SMILES string of the molecule is CCCCc1cccc(-c2c(NC)oc(-c3cccnc3)c2O)c1. The maximum absolute atomic E-state index is 10.8. The van der Waals surface area contributed by atoms with E-state index in [1.165, 1.54) is 5.56 Å². The fourth-order valence-corrected chi connectivity index (χ4v) is 2.82. The molecule has 3 aromatic rings. The quantitative estimate of drug-likeness (QED) is 0.663. The molecule has 0 spiro atoms. The summed E-state index contributed by atoms with van der Waals surface area (Å²) in [5, 5.41) is 13.8. The van der Waals surface area contributed by atoms with E-state index in [-0.39, 0.29) is 5.75 Å². The van der Waals surface area contributed by atoms with Crippen molar-refractivity contribution in [2.75, 3.05) is 12.4 Å². The Bertz CT molecular complexity index is 810. The molecule has 0 saturated heterocycles. The van der Waals surface area contributed by atoms with Crippen molar-refractivity contribution in [3.63, 3.8) is 0 Å². The second-order valence-corrected chi connectivity index (χ2v) is 5.78. The number of aryl methyl sites for hydroxylation is 1. The highest BCUT2D eigenvalue weighted by Gasteiger charge is 2.22. The van der Waals surface area contributed by atoms with Crippen molar-refractivity contribution in [3.05, 3.63) is 54.4 Å². The van der Waals surface area contributed by atoms with Gasteiger partial charge in [0.2, 0.25) is 5.88 Å². The van der Waals surface area contributed by atoms with Crippen LogP contribution in [-0.2, 0) is 6.42 Å². The first-order chi connectivity index (χ1) is 11.7. The van der Waals surface area contributed by atoms with Crippen LogP contribution in [0.5, 0.6) is 5.75 Å². The average molecular weight is 322 g/mol. The van der Waals surface area contributed by atoms with E-state index in [1.54, 1.807) is 19.4 Å². The van der Waals surface area contributed by atoms with E-state index in [4.69, 9.17) is 4.42 Å². The standard InChI is InChI=1S/C20H22N2O2/c1-3-4-7-14-8-5-9-15(12-14)17-18(23)19(24-20(17)21-2)16-10-6-11-22-13-16/h5-6,8-13,21,23H,3-4,7H2,1-2H3. The molecule has 2 aromatic heterocycles. The number of hydrogen-bond acceptors (Lipinski definition) is 4. The van der Waals surface area contributed by atoms with Crippen LogP contribution in [-0.4, -0.2) is 17.1 Å². The molecule has 124 valence electrons. The minimum atomic E-state index is 0.139. The van der Waals surface area contributed by atoms with Crippen LogP contribution in [0, 0.1) is 0 Å². The monoisotopic (exact) mass is 322 g/mol. The molecule has 0 aliphatic carbocycles. The average Bonchev–Trinajstić information content (AvgIpc) is 2.97. The van der Waals surface area contributed by atoms with Gasteiger partial charge in [-0.1, -0.05) is 37.6 Å². The third-order valence-corrected chi connectivity index (χ3v) is 4.07. The number of pyridine rings is 1. The Balaban J connectivity index is 2.06. The van der Waals surface area contributed by atoms with E-state index < -0.39 is 0 Å². The Morgan fingerprint density at radius 3 is 2.71 bits per heavy atom. The van der Waals surface area contributed by atoms with E-state index in [9.17, 15) is 5.11 Å². The Kier molecular flexibility index (Phi) is 4.85. The van der Waals surface area contributed by atoms with Crippen LogP contribution < -0.4 is 5.32 Å². The van der Waals surface area contributed by atoms with Gasteiger partial charge >= 0.3 is 0 Å². The van der Waals surface area contributed by atoms with Gasteiger partial charge in [0.15, 0.2) is 11.5 Å². The van der Waals surface area contributed by atoms with Gasteiger partial charge in [0.05, 0.1) is 5.56 Å². The number of rotatable bonds is 6. The Hall–Kier alpha value is -2.75. The van der Waals surface area contributed by atoms with Gasteiger partial charge in [0.1, 0.15) is 0 Å². The molecule has 0 bridgehead atoms. The second-order valence-electron chi connectivity index (χ2n) is 5.78. The van der Waals surface area contributed by atoms with Gasteiger partial charge in [-0.15, -0.1) is 0 Å². The van der Waals surface area contributed by atoms with Crippen LogP contribution in [0.4, 0.5) is 5.88 Å². The topological polar surface area (TPSA) is 58.3 Å². The summed E-state index contributed by atoms with van der Waals surface area (Å²) in [7, 11) is 1.79. The van der Waals surface area contributed by atoms with E-state index in [2.05, 4.69) is 29.4 Å². The van der Waals surface area contributed by atoms with Crippen LogP contribution in [0.1, 0.15) is 25.3 Å². The van der Waals surface area contributed by atoms with Crippen LogP contribution in [0.3, 0.4) is 0 Å². The van der Waals surface area contributed by atoms with Gasteiger partial charge in [-0.05, 0) is 36.1 Å². The summed E-state index contributed by atoms with van der Waals surface area (Å²) >= 11 is 0. The van der Waals surface area contributed by atoms with Gasteiger partial charge < -0.3 is 14.8 Å². The van der Waals surface area contributed by atoms with Gasteiger partial charge in [0.25, 0.3) is 0 Å². The van der Waals surface area contributed by atoms with Crippen molar-refractivity contribution in [2.45, 2.75) is 26.2 Å². The molecular formula is C20H22N2O2. The van der Waals surface area contributed by atoms with Gasteiger partial charge in [-0.3, -0.25) is 4.98 Å². The summed E-state index contributed by atoms with van der Waals surface area (Å²) in [6, 6.07) is 11.9. The maximum atomic E-state index is 10.8. The summed E-state index contributed by atoms with van der Waals surface area (Å²) in [5.74, 6) is 1.13. The zero-order chi connectivity index (χ0) is 16.9. The van der Waals surface area contributed by atoms with Crippen LogP contribution in [0.2, 0.25) is 0 Å². The van der Waals surface area contributed by atoms with Crippen LogP contribution in [0.15, 0.2) is 53.2 Å². The van der Waals surface area contributed by atoms with E-state index in [1.807, 2.05) is 24.3 Å². The number of furan rings is 1. The fraction of sp³-hybridized carbons (Fsp3) is 0.250. The number of nitrogens with zero attached hydrogens (tertiary/aromatic N) is 1. The molecule has 2 N–H and O–H groups in total. The summed E-state index contributed by atoms with van der Waals surface area (Å²) < 4.78 is 5.86. The first kappa shape index (κ1) is 16.1. The van der Waals surface area contributed by atoms with E-state index in [0.717, 1.165) is 30.4 Å². The molecule has 24 heavy (non-hydrogen) atoms. The van der Waals surface area contributed by atoms with Crippen molar-refractivity contribution in [2.24, 2.45) is 0 Å². The molecule has 3 rings (SSSR count). The van der Waals surface area contributed by atoms with Crippen molar-refractivity contribution in [1.29, 1.82) is 0 Å². The Morgan fingerprint density at radius 1 is 1.17 bits per heavy atom. The molecule has 0 atom stereocenters. The predicted octanol–water partition coefficient (Wildman–Crippen LogP) is 5.10. The molecule has 0 fully saturated rings. The first-order valence-electron chi connectivity index (χ1n) is 8.27. The molecule has 1 aromatic carbocycles. The lowest BCUT2D eigenvalue weighted by Crippen LogP contribution is -1.90. The normalized spacial score (nSPS) is 10.8. The molecule has 4 nitrogen and oxygen atoms in total. The highest BCUT2D eigenvalue weighted by molar-refractivity contribution is 5.87. The Labute approximate surface area is 142 Å². The molecule has 0 aliphatic rings. The number of benzene rings is 1. The predicted molar refractivity (Wildman–Crippen MR) is 97.2 cm³/mol. The summed E-state index contributed by atoms with van der Waals surface area (Å²) in [6.45, 7) is 2.19. The third kappa shape index (κ3) is 3.13. The molecule has 0 radical (unpaired) electrons. The van der Waals surface area contributed by atoms with Crippen molar-refractivity contribution >= 4 is 5.88 Å². The lowest BCUT2D eigenvalue weighted by atomic mass is 10.0. The minimum Gasteiger partial charge on any atom is -0.504 e.